The third kappa shape index (κ3) is 5.21. The SMILES string of the molecule is CSc1nc2nc(-c3ccc(Cl)cc3Cl)c(CN)c(N)n2n1.O=C(O)C(F)(F)F. The number of aromatic nitrogens is 4. The number of nitrogens with two attached hydrogens (primary N) is 2. The van der Waals surface area contributed by atoms with Gasteiger partial charge in [-0.05, 0) is 24.5 Å². The summed E-state index contributed by atoms with van der Waals surface area (Å²) in [5.41, 5.74) is 14.0. The molecule has 29 heavy (non-hydrogen) atoms. The molecule has 2 heterocycles. The molecule has 0 radical (unpaired) electrons. The van der Waals surface area contributed by atoms with Crippen molar-refractivity contribution in [2.75, 3.05) is 12.0 Å². The summed E-state index contributed by atoms with van der Waals surface area (Å²) in [7, 11) is 0. The highest BCUT2D eigenvalue weighted by atomic mass is 35.5. The number of fused-ring (bicyclic) bond motifs is 1. The molecule has 0 bridgehead atoms. The molecule has 0 aliphatic rings. The van der Waals surface area contributed by atoms with Gasteiger partial charge in [-0.2, -0.15) is 22.7 Å². The van der Waals surface area contributed by atoms with E-state index in [1.807, 2.05) is 6.26 Å². The Morgan fingerprint density at radius 1 is 1.31 bits per heavy atom. The van der Waals surface area contributed by atoms with Crippen LogP contribution in [0.15, 0.2) is 23.4 Å². The van der Waals surface area contributed by atoms with Crippen molar-refractivity contribution < 1.29 is 23.1 Å². The summed E-state index contributed by atoms with van der Waals surface area (Å²) in [6, 6.07) is 5.17. The lowest BCUT2D eigenvalue weighted by molar-refractivity contribution is -0.192. The van der Waals surface area contributed by atoms with Crippen molar-refractivity contribution in [2.45, 2.75) is 17.9 Å². The first kappa shape index (κ1) is 23.0. The minimum Gasteiger partial charge on any atom is -0.475 e. The van der Waals surface area contributed by atoms with Gasteiger partial charge in [-0.1, -0.05) is 35.0 Å². The number of nitrogens with zero attached hydrogens (tertiary/aromatic N) is 4. The molecule has 1 aromatic carbocycles. The molecule has 156 valence electrons. The lowest BCUT2D eigenvalue weighted by Crippen LogP contribution is -2.21. The van der Waals surface area contributed by atoms with Crippen molar-refractivity contribution in [2.24, 2.45) is 5.73 Å². The first-order valence-corrected chi connectivity index (χ1v) is 9.52. The molecule has 8 nitrogen and oxygen atoms in total. The Morgan fingerprint density at radius 3 is 2.41 bits per heavy atom. The highest BCUT2D eigenvalue weighted by molar-refractivity contribution is 7.98. The van der Waals surface area contributed by atoms with Crippen LogP contribution in [0.3, 0.4) is 0 Å². The van der Waals surface area contributed by atoms with Crippen LogP contribution in [0.2, 0.25) is 10.0 Å². The molecule has 0 saturated carbocycles. The van der Waals surface area contributed by atoms with Crippen molar-refractivity contribution in [1.82, 2.24) is 19.6 Å². The molecule has 0 atom stereocenters. The van der Waals surface area contributed by atoms with Crippen LogP contribution in [0.5, 0.6) is 0 Å². The van der Waals surface area contributed by atoms with Gasteiger partial charge in [0.2, 0.25) is 5.16 Å². The highest BCUT2D eigenvalue weighted by Gasteiger charge is 2.38. The second-order valence-electron chi connectivity index (χ2n) is 5.27. The predicted molar refractivity (Wildman–Crippen MR) is 104 cm³/mol. The summed E-state index contributed by atoms with van der Waals surface area (Å²) >= 11 is 13.6. The Bertz CT molecular complexity index is 1060. The Balaban J connectivity index is 0.000000370. The van der Waals surface area contributed by atoms with Crippen molar-refractivity contribution in [3.8, 4) is 11.3 Å². The third-order valence-electron chi connectivity index (χ3n) is 3.42. The van der Waals surface area contributed by atoms with E-state index in [-0.39, 0.29) is 6.54 Å². The van der Waals surface area contributed by atoms with Crippen molar-refractivity contribution >= 4 is 52.5 Å². The fourth-order valence-electron chi connectivity index (χ4n) is 2.13. The molecule has 2 aromatic heterocycles. The van der Waals surface area contributed by atoms with Gasteiger partial charge >= 0.3 is 12.1 Å². The van der Waals surface area contributed by atoms with Crippen LogP contribution in [-0.2, 0) is 11.3 Å². The summed E-state index contributed by atoms with van der Waals surface area (Å²) in [6.45, 7) is 0.206. The fraction of sp³-hybridized carbons (Fsp3) is 0.200. The number of halogens is 5. The number of anilines is 1. The average Bonchev–Trinajstić information content (AvgIpc) is 3.05. The zero-order chi connectivity index (χ0) is 21.9. The molecule has 0 fully saturated rings. The Morgan fingerprint density at radius 2 is 1.93 bits per heavy atom. The fourth-order valence-corrected chi connectivity index (χ4v) is 2.96. The van der Waals surface area contributed by atoms with Crippen LogP contribution in [0.1, 0.15) is 5.56 Å². The second-order valence-corrected chi connectivity index (χ2v) is 6.88. The number of nitrogen functional groups attached to an aromatic ring is 1. The lowest BCUT2D eigenvalue weighted by Gasteiger charge is -2.12. The van der Waals surface area contributed by atoms with E-state index in [9.17, 15) is 13.2 Å². The maximum absolute atomic E-state index is 10.6. The average molecular weight is 469 g/mol. The van der Waals surface area contributed by atoms with E-state index in [1.54, 1.807) is 18.2 Å². The summed E-state index contributed by atoms with van der Waals surface area (Å²) in [6.07, 6.45) is -3.20. The summed E-state index contributed by atoms with van der Waals surface area (Å²) < 4.78 is 33.2. The Kier molecular flexibility index (Phi) is 7.16. The molecule has 0 unspecified atom stereocenters. The Labute approximate surface area is 176 Å². The van der Waals surface area contributed by atoms with E-state index in [1.165, 1.54) is 16.3 Å². The number of rotatable bonds is 3. The normalized spacial score (nSPS) is 11.3. The molecule has 0 amide bonds. The summed E-state index contributed by atoms with van der Waals surface area (Å²) in [4.78, 5) is 17.7. The number of alkyl halides is 3. The van der Waals surface area contributed by atoms with E-state index in [0.717, 1.165) is 0 Å². The largest absolute Gasteiger partial charge is 0.490 e. The van der Waals surface area contributed by atoms with Gasteiger partial charge in [-0.15, -0.1) is 5.10 Å². The van der Waals surface area contributed by atoms with Gasteiger partial charge in [0.25, 0.3) is 5.78 Å². The zero-order valence-corrected chi connectivity index (χ0v) is 16.9. The van der Waals surface area contributed by atoms with Gasteiger partial charge in [-0.3, -0.25) is 0 Å². The number of carbonyl (C=O) groups is 1. The quantitative estimate of drug-likeness (QED) is 0.497. The monoisotopic (exact) mass is 468 g/mol. The van der Waals surface area contributed by atoms with Gasteiger partial charge in [0.15, 0.2) is 0 Å². The van der Waals surface area contributed by atoms with Crippen LogP contribution in [0.4, 0.5) is 19.0 Å². The molecule has 0 aliphatic heterocycles. The molecule has 5 N–H and O–H groups in total. The van der Waals surface area contributed by atoms with E-state index in [2.05, 4.69) is 15.1 Å². The molecule has 3 aromatic rings. The van der Waals surface area contributed by atoms with E-state index < -0.39 is 12.1 Å². The predicted octanol–water partition coefficient (Wildman–Crippen LogP) is 3.49. The van der Waals surface area contributed by atoms with Gasteiger partial charge < -0.3 is 16.6 Å². The van der Waals surface area contributed by atoms with Gasteiger partial charge in [0.05, 0.1) is 10.7 Å². The van der Waals surface area contributed by atoms with Crippen LogP contribution in [0.25, 0.3) is 17.0 Å². The maximum Gasteiger partial charge on any atom is 0.490 e. The smallest absolute Gasteiger partial charge is 0.475 e. The number of carboxylic acids is 1. The standard InChI is InChI=1S/C13H12Cl2N6S.C2HF3O2/c1-22-13-19-12-18-10(7-3-2-6(14)4-9(7)15)8(5-16)11(17)21(12)20-13;3-2(4,5)1(6)7/h2-4H,5,16-17H2,1H3;(H,6,7). The number of hydrogen-bond donors (Lipinski definition) is 3. The summed E-state index contributed by atoms with van der Waals surface area (Å²) in [5, 5.41) is 13.0. The number of carboxylic acid groups (broad SMARTS) is 1. The number of thioether (sulfide) groups is 1. The first-order valence-electron chi connectivity index (χ1n) is 7.54. The number of hydrogen-bond acceptors (Lipinski definition) is 7. The van der Waals surface area contributed by atoms with Gasteiger partial charge in [-0.25, -0.2) is 9.78 Å². The minimum atomic E-state index is -5.08. The number of benzene rings is 1. The first-order chi connectivity index (χ1) is 13.5. The van der Waals surface area contributed by atoms with Crippen molar-refractivity contribution in [3.05, 3.63) is 33.8 Å². The van der Waals surface area contributed by atoms with Gasteiger partial charge in [0.1, 0.15) is 5.82 Å². The van der Waals surface area contributed by atoms with E-state index >= 15 is 0 Å². The Hall–Kier alpha value is -2.28. The lowest BCUT2D eigenvalue weighted by atomic mass is 10.1. The van der Waals surface area contributed by atoms with E-state index in [0.29, 0.717) is 43.6 Å². The zero-order valence-electron chi connectivity index (χ0n) is 14.5. The van der Waals surface area contributed by atoms with Crippen LogP contribution in [0, 0.1) is 0 Å². The molecule has 3 rings (SSSR count). The minimum absolute atomic E-state index is 0.206. The third-order valence-corrected chi connectivity index (χ3v) is 4.51. The second kappa shape index (κ2) is 9.03. The number of aliphatic carboxylic acids is 1. The molecular weight excluding hydrogens is 456 g/mol. The highest BCUT2D eigenvalue weighted by Crippen LogP contribution is 2.33. The molecule has 0 aliphatic carbocycles. The molecule has 14 heteroatoms. The van der Waals surface area contributed by atoms with Crippen LogP contribution in [-0.4, -0.2) is 43.1 Å². The molecular formula is C15H13Cl2F3N6O2S. The molecule has 0 saturated heterocycles. The van der Waals surface area contributed by atoms with Crippen molar-refractivity contribution in [3.63, 3.8) is 0 Å². The maximum atomic E-state index is 10.6. The van der Waals surface area contributed by atoms with Crippen LogP contribution >= 0.6 is 35.0 Å². The topological polar surface area (TPSA) is 132 Å². The molecule has 0 spiro atoms. The summed E-state index contributed by atoms with van der Waals surface area (Å²) in [5.74, 6) is -1.95. The van der Waals surface area contributed by atoms with Crippen LogP contribution < -0.4 is 11.5 Å². The van der Waals surface area contributed by atoms with E-state index in [4.69, 9.17) is 44.6 Å². The van der Waals surface area contributed by atoms with Crippen molar-refractivity contribution in [1.29, 1.82) is 0 Å². The van der Waals surface area contributed by atoms with Gasteiger partial charge in [0, 0.05) is 22.7 Å².